The molecule has 1 aromatic carbocycles. The highest BCUT2D eigenvalue weighted by Gasteiger charge is 2.22. The van der Waals surface area contributed by atoms with Crippen molar-refractivity contribution in [2.45, 2.75) is 53.2 Å². The highest BCUT2D eigenvalue weighted by molar-refractivity contribution is 5.68. The average molecular weight is 448 g/mol. The maximum atomic E-state index is 12.8. The molecule has 0 aliphatic heterocycles. The summed E-state index contributed by atoms with van der Waals surface area (Å²) in [6, 6.07) is 9.40. The van der Waals surface area contributed by atoms with Gasteiger partial charge in [0.25, 0.3) is 0 Å². The molecule has 1 heterocycles. The molecule has 174 valence electrons. The van der Waals surface area contributed by atoms with E-state index in [2.05, 4.69) is 38.1 Å². The van der Waals surface area contributed by atoms with Gasteiger partial charge in [-0.25, -0.2) is 9.78 Å². The number of hydrogen-bond donors (Lipinski definition) is 0. The van der Waals surface area contributed by atoms with Crippen molar-refractivity contribution in [3.8, 4) is 17.7 Å². The molecule has 0 radical (unpaired) electrons. The van der Waals surface area contributed by atoms with Crippen LogP contribution in [-0.4, -0.2) is 28.1 Å². The van der Waals surface area contributed by atoms with E-state index in [1.54, 1.807) is 23.1 Å². The standard InChI is InChI=1S/C27H33N3O3/c1-8-22-14-20(18-30(13-12-19(3)4)26(31)33-27(5,6)7)10-11-24(22)32-25-23(9-2)15-21(16-28)17-29-25/h8-11,14-15,17,19H,1-2,12-13,18H2,3-7H3. The van der Waals surface area contributed by atoms with Crippen LogP contribution in [0.1, 0.15) is 63.3 Å². The van der Waals surface area contributed by atoms with Crippen molar-refractivity contribution in [3.63, 3.8) is 0 Å². The molecule has 2 aromatic rings. The minimum absolute atomic E-state index is 0.332. The quantitative estimate of drug-likeness (QED) is 0.422. The summed E-state index contributed by atoms with van der Waals surface area (Å²) in [4.78, 5) is 18.7. The van der Waals surface area contributed by atoms with Crippen LogP contribution in [0.2, 0.25) is 0 Å². The predicted octanol–water partition coefficient (Wildman–Crippen LogP) is 6.81. The first-order valence-corrected chi connectivity index (χ1v) is 11.0. The summed E-state index contributed by atoms with van der Waals surface area (Å²) < 4.78 is 11.6. The van der Waals surface area contributed by atoms with Crippen molar-refractivity contribution < 1.29 is 14.3 Å². The zero-order chi connectivity index (χ0) is 24.6. The molecule has 0 saturated heterocycles. The molecule has 0 unspecified atom stereocenters. The largest absolute Gasteiger partial charge is 0.444 e. The number of amides is 1. The Hall–Kier alpha value is -3.59. The summed E-state index contributed by atoms with van der Waals surface area (Å²) in [6.07, 6.45) is 5.29. The molecule has 0 aliphatic rings. The van der Waals surface area contributed by atoms with E-state index >= 15 is 0 Å². The lowest BCUT2D eigenvalue weighted by Crippen LogP contribution is -2.37. The van der Waals surface area contributed by atoms with Crippen LogP contribution in [0.25, 0.3) is 12.2 Å². The monoisotopic (exact) mass is 447 g/mol. The molecule has 0 N–H and O–H groups in total. The Morgan fingerprint density at radius 1 is 1.21 bits per heavy atom. The first-order valence-electron chi connectivity index (χ1n) is 11.0. The summed E-state index contributed by atoms with van der Waals surface area (Å²) >= 11 is 0. The second-order valence-electron chi connectivity index (χ2n) is 9.20. The van der Waals surface area contributed by atoms with Gasteiger partial charge in [-0.2, -0.15) is 5.26 Å². The number of ether oxygens (including phenoxy) is 2. The molecule has 0 fully saturated rings. The van der Waals surface area contributed by atoms with Crippen molar-refractivity contribution in [1.29, 1.82) is 5.26 Å². The normalized spacial score (nSPS) is 10.9. The molecular formula is C27H33N3O3. The molecule has 6 nitrogen and oxygen atoms in total. The fourth-order valence-electron chi connectivity index (χ4n) is 3.01. The molecule has 33 heavy (non-hydrogen) atoms. The molecule has 1 aromatic heterocycles. The molecule has 6 heteroatoms. The zero-order valence-corrected chi connectivity index (χ0v) is 20.2. The molecule has 0 atom stereocenters. The fraction of sp³-hybridized carbons (Fsp3) is 0.370. The number of nitrogens with zero attached hydrogens (tertiary/aromatic N) is 3. The van der Waals surface area contributed by atoms with E-state index in [1.165, 1.54) is 6.20 Å². The molecule has 0 aliphatic carbocycles. The predicted molar refractivity (Wildman–Crippen MR) is 132 cm³/mol. The number of pyridine rings is 1. The van der Waals surface area contributed by atoms with Crippen molar-refractivity contribution in [2.75, 3.05) is 6.54 Å². The maximum Gasteiger partial charge on any atom is 0.410 e. The molecule has 1 amide bonds. The lowest BCUT2D eigenvalue weighted by molar-refractivity contribution is 0.0226. The van der Waals surface area contributed by atoms with Gasteiger partial charge in [0.15, 0.2) is 0 Å². The number of carbonyl (C=O) groups is 1. The number of carbonyl (C=O) groups excluding carboxylic acids is 1. The van der Waals surface area contributed by atoms with Gasteiger partial charge in [0.05, 0.1) is 5.56 Å². The number of benzene rings is 1. The third kappa shape index (κ3) is 7.80. The van der Waals surface area contributed by atoms with E-state index in [0.717, 1.165) is 17.5 Å². The number of nitriles is 1. The van der Waals surface area contributed by atoms with E-state index in [9.17, 15) is 4.79 Å². The number of aromatic nitrogens is 1. The number of rotatable bonds is 9. The van der Waals surface area contributed by atoms with Gasteiger partial charge < -0.3 is 14.4 Å². The second-order valence-corrected chi connectivity index (χ2v) is 9.20. The molecule has 0 bridgehead atoms. The lowest BCUT2D eigenvalue weighted by atomic mass is 10.1. The number of hydrogen-bond acceptors (Lipinski definition) is 5. The van der Waals surface area contributed by atoms with Gasteiger partial charge in [-0.15, -0.1) is 0 Å². The van der Waals surface area contributed by atoms with Crippen LogP contribution < -0.4 is 4.74 Å². The summed E-state index contributed by atoms with van der Waals surface area (Å²) in [5.74, 6) is 1.39. The summed E-state index contributed by atoms with van der Waals surface area (Å²) in [7, 11) is 0. The van der Waals surface area contributed by atoms with Crippen LogP contribution in [0.15, 0.2) is 43.6 Å². The van der Waals surface area contributed by atoms with Crippen LogP contribution in [0.4, 0.5) is 4.79 Å². The maximum absolute atomic E-state index is 12.8. The summed E-state index contributed by atoms with van der Waals surface area (Å²) in [6.45, 7) is 18.5. The van der Waals surface area contributed by atoms with Crippen molar-refractivity contribution in [1.82, 2.24) is 9.88 Å². The van der Waals surface area contributed by atoms with E-state index in [-0.39, 0.29) is 6.09 Å². The lowest BCUT2D eigenvalue weighted by Gasteiger charge is -2.28. The first kappa shape index (κ1) is 25.7. The highest BCUT2D eigenvalue weighted by atomic mass is 16.6. The molecule has 0 saturated carbocycles. The van der Waals surface area contributed by atoms with Gasteiger partial charge in [0.2, 0.25) is 5.88 Å². The third-order valence-corrected chi connectivity index (χ3v) is 4.73. The Bertz CT molecular complexity index is 1050. The van der Waals surface area contributed by atoms with Crippen molar-refractivity contribution in [2.24, 2.45) is 5.92 Å². The van der Waals surface area contributed by atoms with Gasteiger partial charge in [0, 0.05) is 30.4 Å². The fourth-order valence-corrected chi connectivity index (χ4v) is 3.01. The Morgan fingerprint density at radius 2 is 1.91 bits per heavy atom. The van der Waals surface area contributed by atoms with Crippen molar-refractivity contribution >= 4 is 18.2 Å². The molecular weight excluding hydrogens is 414 g/mol. The van der Waals surface area contributed by atoms with Gasteiger partial charge in [-0.3, -0.25) is 0 Å². The Balaban J connectivity index is 2.28. The Labute approximate surface area is 197 Å². The van der Waals surface area contributed by atoms with Gasteiger partial charge >= 0.3 is 6.09 Å². The smallest absolute Gasteiger partial charge is 0.410 e. The first-order chi connectivity index (χ1) is 15.6. The second kappa shape index (κ2) is 11.3. The van der Waals surface area contributed by atoms with Crippen LogP contribution in [0.3, 0.4) is 0 Å². The zero-order valence-electron chi connectivity index (χ0n) is 20.2. The van der Waals surface area contributed by atoms with Crippen LogP contribution >= 0.6 is 0 Å². The average Bonchev–Trinajstić information content (AvgIpc) is 2.76. The van der Waals surface area contributed by atoms with Crippen LogP contribution in [0.5, 0.6) is 11.6 Å². The summed E-state index contributed by atoms with van der Waals surface area (Å²) in [5, 5.41) is 9.08. The van der Waals surface area contributed by atoms with E-state index in [0.29, 0.717) is 41.8 Å². The topological polar surface area (TPSA) is 75.5 Å². The SMILES string of the molecule is C=Cc1cc(CN(CCC(C)C)C(=O)OC(C)(C)C)ccc1Oc1ncc(C#N)cc1C=C. The highest BCUT2D eigenvalue weighted by Crippen LogP contribution is 2.29. The molecule has 2 rings (SSSR count). The Kier molecular flexibility index (Phi) is 8.81. The minimum atomic E-state index is -0.561. The van der Waals surface area contributed by atoms with E-state index in [4.69, 9.17) is 14.7 Å². The van der Waals surface area contributed by atoms with E-state index < -0.39 is 5.60 Å². The van der Waals surface area contributed by atoms with Gasteiger partial charge in [-0.1, -0.05) is 45.2 Å². The summed E-state index contributed by atoms with van der Waals surface area (Å²) in [5.41, 5.74) is 2.19. The molecule has 0 spiro atoms. The van der Waals surface area contributed by atoms with Gasteiger partial charge in [0.1, 0.15) is 17.4 Å². The van der Waals surface area contributed by atoms with E-state index in [1.807, 2.05) is 39.0 Å². The van der Waals surface area contributed by atoms with Crippen LogP contribution in [0, 0.1) is 17.2 Å². The van der Waals surface area contributed by atoms with Crippen molar-refractivity contribution in [3.05, 3.63) is 65.9 Å². The van der Waals surface area contributed by atoms with Gasteiger partial charge in [-0.05, 0) is 56.9 Å². The minimum Gasteiger partial charge on any atom is -0.444 e. The Morgan fingerprint density at radius 3 is 2.48 bits per heavy atom. The third-order valence-electron chi connectivity index (χ3n) is 4.73. The van der Waals surface area contributed by atoms with Crippen LogP contribution in [-0.2, 0) is 11.3 Å².